The minimum atomic E-state index is -0.588. The molecule has 1 aliphatic heterocycles. The van der Waals surface area contributed by atoms with Gasteiger partial charge < -0.3 is 15.3 Å². The Kier molecular flexibility index (Phi) is 5.03. The van der Waals surface area contributed by atoms with Crippen LogP contribution in [0.15, 0.2) is 29.2 Å². The number of rotatable bonds is 5. The predicted octanol–water partition coefficient (Wildman–Crippen LogP) is -0.435. The van der Waals surface area contributed by atoms with E-state index in [4.69, 9.17) is 0 Å². The smallest absolute Gasteiger partial charge is 0.275 e. The van der Waals surface area contributed by atoms with E-state index in [2.05, 4.69) is 25.2 Å². The van der Waals surface area contributed by atoms with Crippen molar-refractivity contribution < 1.29 is 19.3 Å². The highest BCUT2D eigenvalue weighted by molar-refractivity contribution is 5.95. The van der Waals surface area contributed by atoms with E-state index in [1.54, 1.807) is 24.2 Å². The van der Waals surface area contributed by atoms with Crippen LogP contribution in [0.5, 0.6) is 0 Å². The first-order valence-electron chi connectivity index (χ1n) is 7.96. The number of aromatic nitrogens is 3. The Morgan fingerprint density at radius 2 is 2.08 bits per heavy atom. The predicted molar refractivity (Wildman–Crippen MR) is 85.4 cm³/mol. The average molecular weight is 345 g/mol. The van der Waals surface area contributed by atoms with Crippen LogP contribution in [0, 0.1) is 12.8 Å². The Labute approximate surface area is 144 Å². The van der Waals surface area contributed by atoms with Crippen molar-refractivity contribution in [1.29, 1.82) is 0 Å². The number of likely N-dealkylation sites (tertiary alicyclic amines) is 1. The van der Waals surface area contributed by atoms with E-state index >= 15 is 0 Å². The lowest BCUT2D eigenvalue weighted by molar-refractivity contribution is -0.129. The summed E-state index contributed by atoms with van der Waals surface area (Å²) in [7, 11) is 0. The lowest BCUT2D eigenvalue weighted by Gasteiger charge is -2.16. The van der Waals surface area contributed by atoms with Crippen molar-refractivity contribution in [1.82, 2.24) is 25.5 Å². The fourth-order valence-electron chi connectivity index (χ4n) is 2.87. The van der Waals surface area contributed by atoms with Crippen LogP contribution in [0.4, 0.5) is 0 Å². The Morgan fingerprint density at radius 3 is 2.76 bits per heavy atom. The van der Waals surface area contributed by atoms with Crippen LogP contribution >= 0.6 is 0 Å². The molecular formula is C16H19N5O4. The van der Waals surface area contributed by atoms with Crippen molar-refractivity contribution in [3.63, 3.8) is 0 Å². The molecule has 2 aromatic heterocycles. The molecule has 0 bridgehead atoms. The standard InChI is InChI=1S/C16H19N5O4/c1-10-15(20-25-19-10)16(24)18-7-14(23)21-8-12(13(22)9-21)6-11-2-4-17-5-3-11/h2-5,12-13,22H,6-9H2,1H3,(H,18,24)/t12-,13+/m1/s1. The van der Waals surface area contributed by atoms with E-state index in [0.717, 1.165) is 5.56 Å². The zero-order chi connectivity index (χ0) is 17.8. The number of amides is 2. The maximum atomic E-state index is 12.3. The monoisotopic (exact) mass is 345 g/mol. The molecule has 3 heterocycles. The number of carbonyl (C=O) groups is 2. The molecule has 0 spiro atoms. The number of carbonyl (C=O) groups excluding carboxylic acids is 2. The van der Waals surface area contributed by atoms with Gasteiger partial charge >= 0.3 is 0 Å². The summed E-state index contributed by atoms with van der Waals surface area (Å²) in [6, 6.07) is 3.79. The van der Waals surface area contributed by atoms with Crippen molar-refractivity contribution in [2.45, 2.75) is 19.4 Å². The molecule has 1 fully saturated rings. The summed E-state index contributed by atoms with van der Waals surface area (Å²) in [5, 5.41) is 19.7. The topological polar surface area (TPSA) is 121 Å². The van der Waals surface area contributed by atoms with Crippen LogP contribution < -0.4 is 5.32 Å². The second-order valence-corrected chi connectivity index (χ2v) is 6.07. The molecule has 132 valence electrons. The van der Waals surface area contributed by atoms with Crippen LogP contribution in [0.2, 0.25) is 0 Å². The van der Waals surface area contributed by atoms with Crippen molar-refractivity contribution in [2.75, 3.05) is 19.6 Å². The minimum Gasteiger partial charge on any atom is -0.391 e. The highest BCUT2D eigenvalue weighted by atomic mass is 16.6. The molecular weight excluding hydrogens is 326 g/mol. The first-order valence-corrected chi connectivity index (χ1v) is 7.96. The second-order valence-electron chi connectivity index (χ2n) is 6.07. The lowest BCUT2D eigenvalue weighted by atomic mass is 9.97. The molecule has 0 unspecified atom stereocenters. The number of hydrogen-bond acceptors (Lipinski definition) is 7. The van der Waals surface area contributed by atoms with Crippen molar-refractivity contribution >= 4 is 11.8 Å². The molecule has 2 aromatic rings. The highest BCUT2D eigenvalue weighted by Gasteiger charge is 2.34. The maximum absolute atomic E-state index is 12.3. The van der Waals surface area contributed by atoms with E-state index in [9.17, 15) is 14.7 Å². The van der Waals surface area contributed by atoms with Crippen LogP contribution in [-0.4, -0.2) is 62.9 Å². The van der Waals surface area contributed by atoms with Crippen LogP contribution in [-0.2, 0) is 11.2 Å². The summed E-state index contributed by atoms with van der Waals surface area (Å²) in [5.41, 5.74) is 1.49. The molecule has 9 heteroatoms. The van der Waals surface area contributed by atoms with Gasteiger partial charge in [-0.2, -0.15) is 0 Å². The first-order chi connectivity index (χ1) is 12.0. The van der Waals surface area contributed by atoms with Crippen LogP contribution in [0.1, 0.15) is 21.7 Å². The third-order valence-corrected chi connectivity index (χ3v) is 4.27. The number of hydrogen-bond donors (Lipinski definition) is 2. The number of aryl methyl sites for hydroxylation is 1. The maximum Gasteiger partial charge on any atom is 0.275 e. The Bertz CT molecular complexity index is 748. The van der Waals surface area contributed by atoms with Crippen molar-refractivity contribution in [2.24, 2.45) is 5.92 Å². The molecule has 1 aliphatic rings. The van der Waals surface area contributed by atoms with Gasteiger partial charge in [-0.15, -0.1) is 0 Å². The fourth-order valence-corrected chi connectivity index (χ4v) is 2.87. The van der Waals surface area contributed by atoms with Gasteiger partial charge in [0.2, 0.25) is 5.91 Å². The molecule has 0 aromatic carbocycles. The number of aliphatic hydroxyl groups is 1. The van der Waals surface area contributed by atoms with Crippen molar-refractivity contribution in [3.8, 4) is 0 Å². The number of β-amino-alcohol motifs (C(OH)–C–C–N with tert-alkyl or cyclic N) is 1. The van der Waals surface area contributed by atoms with Gasteiger partial charge in [-0.25, -0.2) is 4.63 Å². The Balaban J connectivity index is 1.51. The molecule has 0 aliphatic carbocycles. The SMILES string of the molecule is Cc1nonc1C(=O)NCC(=O)N1C[C@@H](Cc2ccncc2)[C@@H](O)C1. The number of pyridine rings is 1. The summed E-state index contributed by atoms with van der Waals surface area (Å²) in [6.07, 6.45) is 3.49. The van der Waals surface area contributed by atoms with E-state index in [-0.39, 0.29) is 30.6 Å². The third kappa shape index (κ3) is 4.00. The quantitative estimate of drug-likeness (QED) is 0.754. The minimum absolute atomic E-state index is 0.0379. The molecule has 0 saturated carbocycles. The summed E-state index contributed by atoms with van der Waals surface area (Å²) < 4.78 is 4.46. The molecule has 1 saturated heterocycles. The number of aliphatic hydroxyl groups excluding tert-OH is 1. The van der Waals surface area contributed by atoms with E-state index in [1.807, 2.05) is 12.1 Å². The Hall–Kier alpha value is -2.81. The van der Waals surface area contributed by atoms with Gasteiger partial charge in [-0.05, 0) is 36.2 Å². The number of nitrogens with one attached hydrogen (secondary N) is 1. The van der Waals surface area contributed by atoms with E-state index in [0.29, 0.717) is 18.7 Å². The summed E-state index contributed by atoms with van der Waals surface area (Å²) in [5.74, 6) is -0.803. The largest absolute Gasteiger partial charge is 0.391 e. The van der Waals surface area contributed by atoms with Gasteiger partial charge in [-0.3, -0.25) is 14.6 Å². The zero-order valence-electron chi connectivity index (χ0n) is 13.8. The zero-order valence-corrected chi connectivity index (χ0v) is 13.8. The molecule has 9 nitrogen and oxygen atoms in total. The molecule has 0 radical (unpaired) electrons. The van der Waals surface area contributed by atoms with Gasteiger partial charge in [0.1, 0.15) is 5.69 Å². The van der Waals surface area contributed by atoms with Gasteiger partial charge in [0.25, 0.3) is 5.91 Å². The van der Waals surface area contributed by atoms with Gasteiger partial charge in [-0.1, -0.05) is 5.16 Å². The van der Waals surface area contributed by atoms with Gasteiger partial charge in [0, 0.05) is 31.4 Å². The van der Waals surface area contributed by atoms with Gasteiger partial charge in [0.15, 0.2) is 5.69 Å². The summed E-state index contributed by atoms with van der Waals surface area (Å²) in [6.45, 7) is 2.13. The Morgan fingerprint density at radius 1 is 1.32 bits per heavy atom. The third-order valence-electron chi connectivity index (χ3n) is 4.27. The summed E-state index contributed by atoms with van der Waals surface area (Å²) >= 11 is 0. The van der Waals surface area contributed by atoms with E-state index < -0.39 is 12.0 Å². The average Bonchev–Trinajstić information content (AvgIpc) is 3.19. The second kappa shape index (κ2) is 7.39. The molecule has 2 atom stereocenters. The van der Waals surface area contributed by atoms with Crippen LogP contribution in [0.3, 0.4) is 0 Å². The van der Waals surface area contributed by atoms with Crippen molar-refractivity contribution in [3.05, 3.63) is 41.5 Å². The normalized spacial score (nSPS) is 19.8. The lowest BCUT2D eigenvalue weighted by Crippen LogP contribution is -2.39. The molecule has 25 heavy (non-hydrogen) atoms. The highest BCUT2D eigenvalue weighted by Crippen LogP contribution is 2.21. The first kappa shape index (κ1) is 17.0. The molecule has 2 amide bonds. The van der Waals surface area contributed by atoms with Gasteiger partial charge in [0.05, 0.1) is 12.6 Å². The van der Waals surface area contributed by atoms with Crippen LogP contribution in [0.25, 0.3) is 0 Å². The van der Waals surface area contributed by atoms with E-state index in [1.165, 1.54) is 0 Å². The summed E-state index contributed by atoms with van der Waals surface area (Å²) in [4.78, 5) is 29.7. The molecule has 3 rings (SSSR count). The fraction of sp³-hybridized carbons (Fsp3) is 0.438. The molecule has 2 N–H and O–H groups in total. The number of nitrogens with zero attached hydrogens (tertiary/aromatic N) is 4.